The summed E-state index contributed by atoms with van der Waals surface area (Å²) in [4.78, 5) is 14.9. The van der Waals surface area contributed by atoms with Gasteiger partial charge < -0.3 is 0 Å². The van der Waals surface area contributed by atoms with Gasteiger partial charge in [0.25, 0.3) is 5.56 Å². The zero-order valence-electron chi connectivity index (χ0n) is 11.9. The molecule has 0 spiro atoms. The fourth-order valence-corrected chi connectivity index (χ4v) is 4.30. The highest BCUT2D eigenvalue weighted by molar-refractivity contribution is 7.18. The molecule has 4 rings (SSSR count). The van der Waals surface area contributed by atoms with Crippen molar-refractivity contribution in [3.05, 3.63) is 55.6 Å². The Hall–Kier alpha value is -1.72. The number of halogens is 1. The van der Waals surface area contributed by atoms with Gasteiger partial charge in [-0.15, -0.1) is 16.4 Å². The number of fused-ring (bicyclic) bond motifs is 3. The van der Waals surface area contributed by atoms with Crippen LogP contribution in [0.25, 0.3) is 10.2 Å². The first-order valence-corrected chi connectivity index (χ1v) is 8.54. The molecular formula is C16H14ClN3OS. The van der Waals surface area contributed by atoms with Crippen molar-refractivity contribution in [2.45, 2.75) is 32.2 Å². The van der Waals surface area contributed by atoms with Gasteiger partial charge in [-0.3, -0.25) is 4.79 Å². The molecule has 4 nitrogen and oxygen atoms in total. The monoisotopic (exact) mass is 331 g/mol. The fourth-order valence-electron chi connectivity index (χ4n) is 2.97. The number of thiophene rings is 1. The summed E-state index contributed by atoms with van der Waals surface area (Å²) in [5.74, 6) is 0. The van der Waals surface area contributed by atoms with Gasteiger partial charge in [0.1, 0.15) is 0 Å². The second kappa shape index (κ2) is 5.48. The molecule has 6 heteroatoms. The number of aryl methyl sites for hydroxylation is 2. The van der Waals surface area contributed by atoms with Crippen LogP contribution < -0.4 is 5.56 Å². The van der Waals surface area contributed by atoms with Gasteiger partial charge in [-0.1, -0.05) is 28.9 Å². The molecule has 3 aromatic rings. The molecule has 1 aliphatic carbocycles. The number of aromatic nitrogens is 3. The maximum atomic E-state index is 12.8. The van der Waals surface area contributed by atoms with E-state index in [1.807, 2.05) is 24.3 Å². The molecule has 22 heavy (non-hydrogen) atoms. The van der Waals surface area contributed by atoms with Gasteiger partial charge in [-0.2, -0.15) is 0 Å². The third-order valence-corrected chi connectivity index (χ3v) is 5.52. The predicted molar refractivity (Wildman–Crippen MR) is 88.9 cm³/mol. The maximum absolute atomic E-state index is 12.8. The van der Waals surface area contributed by atoms with Crippen molar-refractivity contribution in [3.63, 3.8) is 0 Å². The minimum absolute atomic E-state index is 0.0284. The maximum Gasteiger partial charge on any atom is 0.279 e. The third kappa shape index (κ3) is 2.34. The summed E-state index contributed by atoms with van der Waals surface area (Å²) in [6.07, 6.45) is 4.40. The van der Waals surface area contributed by atoms with Crippen LogP contribution in [0.15, 0.2) is 29.1 Å². The second-order valence-electron chi connectivity index (χ2n) is 5.57. The highest BCUT2D eigenvalue weighted by Gasteiger charge is 2.20. The highest BCUT2D eigenvalue weighted by Crippen LogP contribution is 2.33. The first-order chi connectivity index (χ1) is 10.7. The average molecular weight is 332 g/mol. The molecular weight excluding hydrogens is 318 g/mol. The number of hydrogen-bond acceptors (Lipinski definition) is 4. The van der Waals surface area contributed by atoms with E-state index in [1.165, 1.54) is 21.5 Å². The molecule has 1 aliphatic rings. The van der Waals surface area contributed by atoms with Crippen molar-refractivity contribution in [1.29, 1.82) is 0 Å². The van der Waals surface area contributed by atoms with Crippen molar-refractivity contribution in [2.75, 3.05) is 0 Å². The van der Waals surface area contributed by atoms with E-state index in [-0.39, 0.29) is 5.56 Å². The molecule has 0 N–H and O–H groups in total. The lowest BCUT2D eigenvalue weighted by atomic mass is 9.97. The first-order valence-electron chi connectivity index (χ1n) is 7.35. The Labute approximate surface area is 136 Å². The summed E-state index contributed by atoms with van der Waals surface area (Å²) < 4.78 is 1.45. The summed E-state index contributed by atoms with van der Waals surface area (Å²) >= 11 is 7.52. The lowest BCUT2D eigenvalue weighted by Crippen LogP contribution is -2.25. The first kappa shape index (κ1) is 13.9. The summed E-state index contributed by atoms with van der Waals surface area (Å²) in [7, 11) is 0. The van der Waals surface area contributed by atoms with Crippen molar-refractivity contribution >= 4 is 33.2 Å². The molecule has 0 unspecified atom stereocenters. The van der Waals surface area contributed by atoms with Crippen LogP contribution in [0.5, 0.6) is 0 Å². The third-order valence-electron chi connectivity index (χ3n) is 4.09. The van der Waals surface area contributed by atoms with Crippen LogP contribution in [-0.2, 0) is 19.4 Å². The van der Waals surface area contributed by atoms with E-state index in [9.17, 15) is 4.79 Å². The zero-order valence-corrected chi connectivity index (χ0v) is 13.5. The van der Waals surface area contributed by atoms with E-state index in [2.05, 4.69) is 10.3 Å². The number of rotatable bonds is 2. The Balaban J connectivity index is 1.80. The largest absolute Gasteiger partial charge is 0.279 e. The van der Waals surface area contributed by atoms with Crippen LogP contribution in [0, 0.1) is 0 Å². The lowest BCUT2D eigenvalue weighted by molar-refractivity contribution is 0.601. The smallest absolute Gasteiger partial charge is 0.267 e. The molecule has 0 aliphatic heterocycles. The van der Waals surface area contributed by atoms with Gasteiger partial charge in [0, 0.05) is 9.90 Å². The molecule has 1 aromatic carbocycles. The van der Waals surface area contributed by atoms with E-state index in [0.29, 0.717) is 11.6 Å². The molecule has 2 aromatic heterocycles. The van der Waals surface area contributed by atoms with E-state index in [0.717, 1.165) is 35.0 Å². The van der Waals surface area contributed by atoms with Crippen LogP contribution in [-0.4, -0.2) is 15.0 Å². The summed E-state index contributed by atoms with van der Waals surface area (Å²) in [6, 6.07) is 7.45. The van der Waals surface area contributed by atoms with Gasteiger partial charge in [0.2, 0.25) is 0 Å². The predicted octanol–water partition coefficient (Wildman–Crippen LogP) is 3.43. The van der Waals surface area contributed by atoms with Crippen LogP contribution in [0.2, 0.25) is 5.02 Å². The quantitative estimate of drug-likeness (QED) is 0.722. The molecule has 0 fully saturated rings. The molecule has 0 atom stereocenters. The molecule has 0 radical (unpaired) electrons. The summed E-state index contributed by atoms with van der Waals surface area (Å²) in [5, 5.41) is 9.83. The molecule has 112 valence electrons. The topological polar surface area (TPSA) is 47.8 Å². The van der Waals surface area contributed by atoms with Gasteiger partial charge in [0.05, 0.1) is 11.9 Å². The molecule has 0 bridgehead atoms. The minimum Gasteiger partial charge on any atom is -0.267 e. The van der Waals surface area contributed by atoms with Crippen LogP contribution >= 0.6 is 22.9 Å². The van der Waals surface area contributed by atoms with E-state index < -0.39 is 0 Å². The van der Waals surface area contributed by atoms with Crippen molar-refractivity contribution < 1.29 is 0 Å². The van der Waals surface area contributed by atoms with Gasteiger partial charge in [0.15, 0.2) is 4.83 Å². The number of hydrogen-bond donors (Lipinski definition) is 0. The zero-order chi connectivity index (χ0) is 15.1. The minimum atomic E-state index is -0.0284. The second-order valence-corrected chi connectivity index (χ2v) is 7.09. The van der Waals surface area contributed by atoms with Gasteiger partial charge >= 0.3 is 0 Å². The van der Waals surface area contributed by atoms with E-state index >= 15 is 0 Å². The highest BCUT2D eigenvalue weighted by atomic mass is 35.5. The Morgan fingerprint density at radius 2 is 1.95 bits per heavy atom. The summed E-state index contributed by atoms with van der Waals surface area (Å²) in [5.41, 5.74) is 2.17. The van der Waals surface area contributed by atoms with Crippen LogP contribution in [0.1, 0.15) is 28.8 Å². The SMILES string of the molecule is O=c1c2c3c(sc2nnn1Cc1ccc(Cl)cc1)CCCC3. The van der Waals surface area contributed by atoms with Crippen LogP contribution in [0.3, 0.4) is 0 Å². The van der Waals surface area contributed by atoms with E-state index in [1.54, 1.807) is 11.3 Å². The molecule has 0 saturated carbocycles. The normalized spacial score (nSPS) is 14.2. The molecule has 0 saturated heterocycles. The summed E-state index contributed by atoms with van der Waals surface area (Å²) in [6.45, 7) is 0.420. The molecule has 2 heterocycles. The Morgan fingerprint density at radius 3 is 2.77 bits per heavy atom. The van der Waals surface area contributed by atoms with Gasteiger partial charge in [-0.25, -0.2) is 4.68 Å². The van der Waals surface area contributed by atoms with Crippen molar-refractivity contribution in [3.8, 4) is 0 Å². The Morgan fingerprint density at radius 1 is 1.18 bits per heavy atom. The Kier molecular flexibility index (Phi) is 3.47. The van der Waals surface area contributed by atoms with E-state index in [4.69, 9.17) is 11.6 Å². The van der Waals surface area contributed by atoms with Gasteiger partial charge in [-0.05, 0) is 48.9 Å². The van der Waals surface area contributed by atoms with Crippen molar-refractivity contribution in [2.24, 2.45) is 0 Å². The average Bonchev–Trinajstić information content (AvgIpc) is 2.91. The number of benzene rings is 1. The van der Waals surface area contributed by atoms with Crippen molar-refractivity contribution in [1.82, 2.24) is 15.0 Å². The lowest BCUT2D eigenvalue weighted by Gasteiger charge is -2.10. The van der Waals surface area contributed by atoms with Crippen LogP contribution in [0.4, 0.5) is 0 Å². The number of nitrogens with zero attached hydrogens (tertiary/aromatic N) is 3. The standard InChI is InChI=1S/C16H14ClN3OS/c17-11-7-5-10(6-8-11)9-20-16(21)14-12-3-1-2-4-13(12)22-15(14)18-19-20/h5-8H,1-4,9H2. The fraction of sp³-hybridized carbons (Fsp3) is 0.312. The molecule has 0 amide bonds. The Bertz CT molecular complexity index is 898.